The average Bonchev–Trinajstić information content (AvgIpc) is 2.87. The minimum atomic E-state index is -0.272. The van der Waals surface area contributed by atoms with Crippen molar-refractivity contribution < 1.29 is 5.11 Å². The van der Waals surface area contributed by atoms with E-state index in [2.05, 4.69) is 26.8 Å². The summed E-state index contributed by atoms with van der Waals surface area (Å²) < 4.78 is 0. The van der Waals surface area contributed by atoms with Crippen LogP contribution in [0.25, 0.3) is 0 Å². The van der Waals surface area contributed by atoms with E-state index in [1.165, 1.54) is 51.4 Å². The number of hydrogen-bond acceptors (Lipinski definition) is 1. The zero-order chi connectivity index (χ0) is 17.9. The molecule has 0 heterocycles. The van der Waals surface area contributed by atoms with E-state index >= 15 is 0 Å². The Morgan fingerprint density at radius 2 is 1.88 bits per heavy atom. The van der Waals surface area contributed by atoms with Gasteiger partial charge >= 0.3 is 0 Å². The molecular weight excluding hydrogens is 292 g/mol. The predicted molar refractivity (Wildman–Crippen MR) is 105 cm³/mol. The summed E-state index contributed by atoms with van der Waals surface area (Å²) in [4.78, 5) is 0. The van der Waals surface area contributed by atoms with Gasteiger partial charge in [-0.1, -0.05) is 52.7 Å². The maximum Gasteiger partial charge on any atom is 0.0695 e. The quantitative estimate of drug-likeness (QED) is 0.576. The molecule has 140 valence electrons. The molecule has 3 aliphatic carbocycles. The summed E-state index contributed by atoms with van der Waals surface area (Å²) in [7, 11) is 0. The van der Waals surface area contributed by atoms with Crippen molar-refractivity contribution in [3.8, 4) is 0 Å². The van der Waals surface area contributed by atoms with Gasteiger partial charge in [-0.25, -0.2) is 0 Å². The van der Waals surface area contributed by atoms with Gasteiger partial charge in [-0.15, -0.1) is 0 Å². The zero-order valence-corrected chi connectivity index (χ0v) is 17.1. The molecular formula is C23H42O. The van der Waals surface area contributed by atoms with E-state index in [1.54, 1.807) is 5.57 Å². The van der Waals surface area contributed by atoms with Gasteiger partial charge in [0.05, 0.1) is 6.10 Å². The molecule has 1 N–H and O–H groups in total. The predicted octanol–water partition coefficient (Wildman–Crippen LogP) is 6.61. The van der Waals surface area contributed by atoms with Crippen LogP contribution in [0.3, 0.4) is 0 Å². The van der Waals surface area contributed by atoms with Gasteiger partial charge in [0.15, 0.2) is 0 Å². The van der Waals surface area contributed by atoms with E-state index in [0.29, 0.717) is 5.41 Å². The van der Waals surface area contributed by atoms with Crippen LogP contribution in [0.2, 0.25) is 0 Å². The lowest BCUT2D eigenvalue weighted by atomic mass is 9.52. The number of allylic oxidation sites excluding steroid dienone is 1. The lowest BCUT2D eigenvalue weighted by molar-refractivity contribution is -0.0173. The summed E-state index contributed by atoms with van der Waals surface area (Å²) >= 11 is 0. The van der Waals surface area contributed by atoms with Crippen LogP contribution in [0.4, 0.5) is 0 Å². The fraction of sp³-hybridized carbons (Fsp3) is 0.913. The van der Waals surface area contributed by atoms with Crippen LogP contribution in [0, 0.1) is 35.0 Å². The fourth-order valence-corrected chi connectivity index (χ4v) is 6.52. The Labute approximate surface area is 151 Å². The lowest BCUT2D eigenvalue weighted by Crippen LogP contribution is -2.45. The van der Waals surface area contributed by atoms with Crippen LogP contribution in [-0.2, 0) is 0 Å². The van der Waals surface area contributed by atoms with Gasteiger partial charge in [0.2, 0.25) is 0 Å². The highest BCUT2D eigenvalue weighted by atomic mass is 16.3. The number of aliphatic hydroxyl groups excluding tert-OH is 1. The van der Waals surface area contributed by atoms with E-state index in [9.17, 15) is 5.11 Å². The van der Waals surface area contributed by atoms with Crippen molar-refractivity contribution >= 4 is 0 Å². The molecule has 7 unspecified atom stereocenters. The van der Waals surface area contributed by atoms with Crippen LogP contribution in [-0.4, -0.2) is 11.2 Å². The second kappa shape index (κ2) is 8.39. The van der Waals surface area contributed by atoms with Gasteiger partial charge in [-0.3, -0.25) is 0 Å². The first-order valence-electron chi connectivity index (χ1n) is 10.9. The first-order valence-corrected chi connectivity index (χ1v) is 10.9. The Morgan fingerprint density at radius 1 is 1.17 bits per heavy atom. The minimum Gasteiger partial charge on any atom is -0.389 e. The van der Waals surface area contributed by atoms with Crippen LogP contribution < -0.4 is 0 Å². The number of rotatable bonds is 3. The van der Waals surface area contributed by atoms with Crippen LogP contribution in [0.5, 0.6) is 0 Å². The normalized spacial score (nSPS) is 44.3. The van der Waals surface area contributed by atoms with Crippen molar-refractivity contribution in [3.05, 3.63) is 11.6 Å². The molecule has 0 spiro atoms. The van der Waals surface area contributed by atoms with Crippen molar-refractivity contribution in [2.45, 2.75) is 99.0 Å². The molecule has 0 radical (unpaired) electrons. The zero-order valence-electron chi connectivity index (χ0n) is 17.1. The summed E-state index contributed by atoms with van der Waals surface area (Å²) in [5, 5.41) is 9.84. The molecule has 3 aliphatic rings. The number of aliphatic hydroxyl groups is 1. The topological polar surface area (TPSA) is 20.2 Å². The molecule has 0 aromatic carbocycles. The second-order valence-corrected chi connectivity index (χ2v) is 8.87. The highest BCUT2D eigenvalue weighted by molar-refractivity contribution is 5.17. The molecule has 1 heteroatoms. The first-order chi connectivity index (χ1) is 11.5. The lowest BCUT2D eigenvalue weighted by Gasteiger charge is -2.53. The Balaban J connectivity index is 0.00000100. The van der Waals surface area contributed by atoms with Gasteiger partial charge < -0.3 is 5.11 Å². The third-order valence-corrected chi connectivity index (χ3v) is 7.78. The van der Waals surface area contributed by atoms with Crippen molar-refractivity contribution in [2.75, 3.05) is 0 Å². The molecule has 3 saturated carbocycles. The molecule has 0 amide bonds. The summed E-state index contributed by atoms with van der Waals surface area (Å²) in [6, 6.07) is 0. The van der Waals surface area contributed by atoms with Gasteiger partial charge in [-0.05, 0) is 86.9 Å². The molecule has 3 fully saturated rings. The smallest absolute Gasteiger partial charge is 0.0695 e. The summed E-state index contributed by atoms with van der Waals surface area (Å²) in [6.45, 7) is 13.3. The van der Waals surface area contributed by atoms with Crippen molar-refractivity contribution in [3.63, 3.8) is 0 Å². The summed E-state index contributed by atoms with van der Waals surface area (Å²) in [6.07, 6.45) is 13.0. The maximum atomic E-state index is 9.84. The monoisotopic (exact) mass is 334 g/mol. The minimum absolute atomic E-state index is 0.272. The largest absolute Gasteiger partial charge is 0.389 e. The molecule has 0 aromatic rings. The Kier molecular flexibility index (Phi) is 7.00. The fourth-order valence-electron chi connectivity index (χ4n) is 6.52. The molecule has 0 saturated heterocycles. The standard InChI is InChI=1S/C21H36O.C2H6/c1-5-6-17-16(13-15(3)22)8-9-19-18(17)11-12-21(4)14(2)7-10-20(19)21;1-2/h13-15,17-20,22H,5-12H2,1-4H3;1-2H3/b16-13-;. The highest BCUT2D eigenvalue weighted by Gasteiger charge is 2.54. The first kappa shape index (κ1) is 20.0. The molecule has 0 aliphatic heterocycles. The van der Waals surface area contributed by atoms with E-state index in [0.717, 1.165) is 29.6 Å². The van der Waals surface area contributed by atoms with E-state index in [-0.39, 0.29) is 6.10 Å². The van der Waals surface area contributed by atoms with Crippen LogP contribution in [0.1, 0.15) is 92.9 Å². The van der Waals surface area contributed by atoms with E-state index in [4.69, 9.17) is 0 Å². The third-order valence-electron chi connectivity index (χ3n) is 7.78. The molecule has 0 bridgehead atoms. The molecule has 0 aromatic heterocycles. The number of hydrogen-bond donors (Lipinski definition) is 1. The molecule has 3 rings (SSSR count). The van der Waals surface area contributed by atoms with Crippen molar-refractivity contribution in [1.29, 1.82) is 0 Å². The van der Waals surface area contributed by atoms with Crippen LogP contribution in [0.15, 0.2) is 11.6 Å². The maximum absolute atomic E-state index is 9.84. The van der Waals surface area contributed by atoms with Crippen molar-refractivity contribution in [1.82, 2.24) is 0 Å². The van der Waals surface area contributed by atoms with Gasteiger partial charge in [0.1, 0.15) is 0 Å². The summed E-state index contributed by atoms with van der Waals surface area (Å²) in [5.41, 5.74) is 2.22. The molecule has 7 atom stereocenters. The second-order valence-electron chi connectivity index (χ2n) is 8.87. The Morgan fingerprint density at radius 3 is 2.50 bits per heavy atom. The number of fused-ring (bicyclic) bond motifs is 3. The van der Waals surface area contributed by atoms with Gasteiger partial charge in [0, 0.05) is 0 Å². The molecule has 1 nitrogen and oxygen atoms in total. The SMILES string of the molecule is CC.CCCC1/C(=C\C(C)O)CCC2C1CCC1(C)C(C)CCC21. The third kappa shape index (κ3) is 3.62. The van der Waals surface area contributed by atoms with Gasteiger partial charge in [-0.2, -0.15) is 0 Å². The highest BCUT2D eigenvalue weighted by Crippen LogP contribution is 2.63. The Bertz CT molecular complexity index is 424. The Hall–Kier alpha value is -0.300. The van der Waals surface area contributed by atoms with E-state index in [1.807, 2.05) is 20.8 Å². The summed E-state index contributed by atoms with van der Waals surface area (Å²) in [5.74, 6) is 4.54. The van der Waals surface area contributed by atoms with Crippen molar-refractivity contribution in [2.24, 2.45) is 35.0 Å². The van der Waals surface area contributed by atoms with Crippen LogP contribution >= 0.6 is 0 Å². The van der Waals surface area contributed by atoms with E-state index < -0.39 is 0 Å². The van der Waals surface area contributed by atoms with Gasteiger partial charge in [0.25, 0.3) is 0 Å². The molecule has 24 heavy (non-hydrogen) atoms. The average molecular weight is 335 g/mol.